The molecule has 3 aromatic carbocycles. The third kappa shape index (κ3) is 17.1. The molecule has 0 atom stereocenters. The molecule has 0 aliphatic rings. The van der Waals surface area contributed by atoms with Crippen molar-refractivity contribution in [2.75, 3.05) is 13.2 Å². The second-order valence-corrected chi connectivity index (χ2v) is 10.5. The Bertz CT molecular complexity index is 1090. The molecule has 248 valence electrons. The molecule has 0 saturated carbocycles. The Kier molecular flexibility index (Phi) is 24.2. The number of unbranched alkanes of at least 4 members (excludes halogenated alkanes) is 10. The van der Waals surface area contributed by atoms with E-state index in [1.165, 1.54) is 64.2 Å². The quantitative estimate of drug-likeness (QED) is 0.0529. The molecule has 0 heterocycles. The summed E-state index contributed by atoms with van der Waals surface area (Å²) in [7, 11) is 0. The summed E-state index contributed by atoms with van der Waals surface area (Å²) in [5, 5.41) is 0. The van der Waals surface area contributed by atoms with Crippen LogP contribution in [0.25, 0.3) is 0 Å². The van der Waals surface area contributed by atoms with Crippen LogP contribution in [0.5, 0.6) is 23.0 Å². The zero-order valence-corrected chi connectivity index (χ0v) is 30.0. The molecule has 0 bridgehead atoms. The van der Waals surface area contributed by atoms with Gasteiger partial charge in [0.15, 0.2) is 0 Å². The third-order valence-corrected chi connectivity index (χ3v) is 6.96. The molecule has 0 amide bonds. The van der Waals surface area contributed by atoms with Crippen LogP contribution in [0.15, 0.2) is 72.8 Å². The number of hydrogen-bond donors (Lipinski definition) is 1. The van der Waals surface area contributed by atoms with Gasteiger partial charge in [-0.1, -0.05) is 78.1 Å². The summed E-state index contributed by atoms with van der Waals surface area (Å²) in [6.07, 6.45) is 14.5. The van der Waals surface area contributed by atoms with Gasteiger partial charge in [-0.15, -0.1) is 0 Å². The van der Waals surface area contributed by atoms with Crippen LogP contribution in [0.4, 0.5) is 0 Å². The zero-order chi connectivity index (χ0) is 29.8. The van der Waals surface area contributed by atoms with Crippen LogP contribution in [0.3, 0.4) is 0 Å². The number of carbonyl (C=O) groups excluding carboxylic acids is 2. The van der Waals surface area contributed by atoms with E-state index >= 15 is 0 Å². The number of hydrogen-bond acceptors (Lipinski definition) is 7. The van der Waals surface area contributed by atoms with E-state index in [9.17, 15) is 9.59 Å². The van der Waals surface area contributed by atoms with E-state index in [4.69, 9.17) is 18.9 Å². The van der Waals surface area contributed by atoms with Gasteiger partial charge in [-0.2, -0.15) is 0 Å². The first-order valence-electron chi connectivity index (χ1n) is 15.6. The molecule has 0 aliphatic heterocycles. The van der Waals surface area contributed by atoms with E-state index in [-0.39, 0.29) is 54.0 Å². The molecule has 8 heteroatoms. The molecule has 0 saturated heterocycles. The first kappa shape index (κ1) is 42.5. The van der Waals surface area contributed by atoms with Gasteiger partial charge in [0.05, 0.1) is 24.3 Å². The fraction of sp³-hybridized carbons (Fsp3) is 0.432. The van der Waals surface area contributed by atoms with Gasteiger partial charge in [0.2, 0.25) is 0 Å². The minimum Gasteiger partial charge on any atom is -0.494 e. The van der Waals surface area contributed by atoms with Gasteiger partial charge < -0.3 is 32.5 Å². The molecule has 0 fully saturated rings. The molecule has 0 aromatic heterocycles. The fourth-order valence-corrected chi connectivity index (χ4v) is 4.43. The summed E-state index contributed by atoms with van der Waals surface area (Å²) < 4.78 is 22.5. The predicted octanol–water partition coefficient (Wildman–Crippen LogP) is 10.2. The van der Waals surface area contributed by atoms with E-state index in [2.05, 4.69) is 13.8 Å². The van der Waals surface area contributed by atoms with Gasteiger partial charge >= 0.3 is 11.9 Å². The number of benzene rings is 3. The Morgan fingerprint density at radius 3 is 1.09 bits per heavy atom. The molecule has 0 spiro atoms. The molecule has 0 radical (unpaired) electrons. The van der Waals surface area contributed by atoms with Crippen molar-refractivity contribution in [1.82, 2.24) is 6.15 Å². The number of carbonyl (C=O) groups is 2. The van der Waals surface area contributed by atoms with Gasteiger partial charge in [0, 0.05) is 40.4 Å². The van der Waals surface area contributed by atoms with Crippen LogP contribution >= 0.6 is 0 Å². The molecule has 3 rings (SSSR count). The third-order valence-electron chi connectivity index (χ3n) is 6.96. The maximum Gasteiger partial charge on any atom is 0.343 e. The van der Waals surface area contributed by atoms with Crippen molar-refractivity contribution < 1.29 is 68.9 Å². The SMILES string of the molecule is CCCCCCCCOc1ccc(C(=O)Oc2ccc(OC(=O)c3ccc(OCCCCCCCC)cc3)cc2)cc1.N.[CH3-].[Sm]. The van der Waals surface area contributed by atoms with Gasteiger partial charge in [0.1, 0.15) is 23.0 Å². The van der Waals surface area contributed by atoms with Crippen LogP contribution < -0.4 is 25.1 Å². The minimum atomic E-state index is -0.471. The minimum absolute atomic E-state index is 0. The second kappa shape index (κ2) is 25.7. The fourth-order valence-electron chi connectivity index (χ4n) is 4.43. The maximum atomic E-state index is 12.6. The van der Waals surface area contributed by atoms with Crippen molar-refractivity contribution in [2.24, 2.45) is 0 Å². The van der Waals surface area contributed by atoms with Crippen molar-refractivity contribution in [3.05, 3.63) is 91.3 Å². The average molecular weight is 757 g/mol. The van der Waals surface area contributed by atoms with Crippen molar-refractivity contribution in [2.45, 2.75) is 90.9 Å². The van der Waals surface area contributed by atoms with E-state index in [1.54, 1.807) is 72.8 Å². The van der Waals surface area contributed by atoms with Crippen molar-refractivity contribution in [3.63, 3.8) is 0 Å². The first-order chi connectivity index (χ1) is 20.6. The summed E-state index contributed by atoms with van der Waals surface area (Å²) in [4.78, 5) is 25.1. The Morgan fingerprint density at radius 2 is 0.756 bits per heavy atom. The molecule has 45 heavy (non-hydrogen) atoms. The second-order valence-electron chi connectivity index (χ2n) is 10.5. The first-order valence-corrected chi connectivity index (χ1v) is 15.6. The van der Waals surface area contributed by atoms with Gasteiger partial charge in [-0.25, -0.2) is 9.59 Å². The molecule has 7 nitrogen and oxygen atoms in total. The molecule has 0 unspecified atom stereocenters. The standard InChI is InChI=1S/C36H46O6.CH3.H3N.Sm/c1-3-5-7-9-11-13-27-39-31-19-15-29(16-20-31)35(37)41-33-23-25-34(26-24-33)42-36(38)30-17-21-32(22-18-30)40-28-14-12-10-8-6-4-2;;;/h15-26H,3-14,27-28H2,1-2H3;2*1H3;/q;-1;;. The Morgan fingerprint density at radius 1 is 0.467 bits per heavy atom. The monoisotopic (exact) mass is 758 g/mol. The van der Waals surface area contributed by atoms with E-state index in [0.29, 0.717) is 35.8 Å². The largest absolute Gasteiger partial charge is 0.494 e. The smallest absolute Gasteiger partial charge is 0.343 e. The summed E-state index contributed by atoms with van der Waals surface area (Å²) in [5.41, 5.74) is 0.855. The van der Waals surface area contributed by atoms with Crippen LogP contribution in [-0.2, 0) is 0 Å². The summed E-state index contributed by atoms with van der Waals surface area (Å²) >= 11 is 0. The predicted molar refractivity (Wildman–Crippen MR) is 178 cm³/mol. The van der Waals surface area contributed by atoms with Gasteiger partial charge in [-0.05, 0) is 85.6 Å². The number of esters is 2. The normalized spacial score (nSPS) is 10.0. The zero-order valence-electron chi connectivity index (χ0n) is 27.4. The summed E-state index contributed by atoms with van der Waals surface area (Å²) in [5.74, 6) is 1.25. The van der Waals surface area contributed by atoms with Crippen LogP contribution in [-0.4, -0.2) is 25.2 Å². The molecule has 3 N–H and O–H groups in total. The van der Waals surface area contributed by atoms with Crippen molar-refractivity contribution in [3.8, 4) is 23.0 Å². The summed E-state index contributed by atoms with van der Waals surface area (Å²) in [6, 6.07) is 20.3. The number of rotatable bonds is 20. The van der Waals surface area contributed by atoms with Crippen LogP contribution in [0.2, 0.25) is 0 Å². The summed E-state index contributed by atoms with van der Waals surface area (Å²) in [6.45, 7) is 5.78. The van der Waals surface area contributed by atoms with E-state index in [1.807, 2.05) is 0 Å². The van der Waals surface area contributed by atoms with Crippen LogP contribution in [0.1, 0.15) is 112 Å². The van der Waals surface area contributed by atoms with Gasteiger partial charge in [0.25, 0.3) is 0 Å². The Hall–Kier alpha value is -2.50. The Labute approximate surface area is 303 Å². The average Bonchev–Trinajstić information content (AvgIpc) is 3.01. The van der Waals surface area contributed by atoms with Crippen molar-refractivity contribution in [1.29, 1.82) is 0 Å². The van der Waals surface area contributed by atoms with Crippen molar-refractivity contribution >= 4 is 11.9 Å². The maximum absolute atomic E-state index is 12.6. The molecular formula is C37H52NO6Sm-. The molecule has 0 aliphatic carbocycles. The van der Waals surface area contributed by atoms with E-state index in [0.717, 1.165) is 24.3 Å². The molecule has 3 aromatic rings. The van der Waals surface area contributed by atoms with Crippen LogP contribution in [0, 0.1) is 47.8 Å². The van der Waals surface area contributed by atoms with Gasteiger partial charge in [-0.3, -0.25) is 0 Å². The topological polar surface area (TPSA) is 106 Å². The Balaban J connectivity index is 0.00000645. The number of ether oxygens (including phenoxy) is 4. The molecular weight excluding hydrogens is 705 g/mol. The van der Waals surface area contributed by atoms with E-state index < -0.39 is 11.9 Å².